The second-order valence-corrected chi connectivity index (χ2v) is 6.18. The molecule has 146 valence electrons. The molecule has 1 aromatic heterocycles. The topological polar surface area (TPSA) is 62.2 Å². The number of hydrogen-bond donors (Lipinski definition) is 2. The lowest BCUT2D eigenvalue weighted by molar-refractivity contribution is -0.183. The van der Waals surface area contributed by atoms with Gasteiger partial charge in [0.25, 0.3) is 5.91 Å². The van der Waals surface area contributed by atoms with Crippen LogP contribution in [0.5, 0.6) is 0 Å². The third-order valence-corrected chi connectivity index (χ3v) is 4.40. The minimum absolute atomic E-state index is 0.0721. The Morgan fingerprint density at radius 3 is 2.52 bits per heavy atom. The summed E-state index contributed by atoms with van der Waals surface area (Å²) in [6, 6.07) is 3.59. The molecule has 2 aromatic rings. The van der Waals surface area contributed by atoms with E-state index in [9.17, 15) is 22.4 Å². The highest BCUT2D eigenvalue weighted by Crippen LogP contribution is 2.25. The molecule has 1 aromatic carbocycles. The lowest BCUT2D eigenvalue weighted by atomic mass is 10.2. The van der Waals surface area contributed by atoms with E-state index < -0.39 is 30.5 Å². The zero-order chi connectivity index (χ0) is 19.4. The average molecular weight is 385 g/mol. The normalized spacial score (nSPS) is 16.9. The number of nitrogens with zero attached hydrogens (tertiary/aromatic N) is 3. The number of halogens is 4. The van der Waals surface area contributed by atoms with Gasteiger partial charge in [0.1, 0.15) is 17.6 Å². The van der Waals surface area contributed by atoms with E-state index in [1.807, 2.05) is 0 Å². The first-order valence-corrected chi connectivity index (χ1v) is 8.44. The maximum absolute atomic E-state index is 13.4. The van der Waals surface area contributed by atoms with E-state index in [4.69, 9.17) is 0 Å². The van der Waals surface area contributed by atoms with Gasteiger partial charge in [-0.2, -0.15) is 13.2 Å². The molecule has 1 atom stereocenters. The number of rotatable bonds is 5. The summed E-state index contributed by atoms with van der Waals surface area (Å²) in [6.45, 7) is 0.897. The number of carbonyl (C=O) groups is 1. The summed E-state index contributed by atoms with van der Waals surface area (Å²) in [5, 5.41) is 5.36. The van der Waals surface area contributed by atoms with Gasteiger partial charge in [-0.1, -0.05) is 0 Å². The van der Waals surface area contributed by atoms with E-state index in [2.05, 4.69) is 15.6 Å². The van der Waals surface area contributed by atoms with E-state index in [1.54, 1.807) is 0 Å². The monoisotopic (exact) mass is 385 g/mol. The van der Waals surface area contributed by atoms with Crippen molar-refractivity contribution in [2.45, 2.75) is 12.2 Å². The second kappa shape index (κ2) is 8.05. The second-order valence-electron chi connectivity index (χ2n) is 6.18. The Balaban J connectivity index is 1.71. The van der Waals surface area contributed by atoms with E-state index in [0.717, 1.165) is 0 Å². The SMILES string of the molecule is O=C(NCC(N1CCNCC1)C(F)(F)F)c1cncn1-c1ccc(F)cc1. The van der Waals surface area contributed by atoms with Crippen molar-refractivity contribution in [2.75, 3.05) is 32.7 Å². The maximum Gasteiger partial charge on any atom is 0.405 e. The van der Waals surface area contributed by atoms with Crippen molar-refractivity contribution in [1.82, 2.24) is 25.1 Å². The Kier molecular flexibility index (Phi) is 5.76. The largest absolute Gasteiger partial charge is 0.405 e. The molecule has 0 bridgehead atoms. The Bertz CT molecular complexity index is 768. The van der Waals surface area contributed by atoms with Gasteiger partial charge in [-0.25, -0.2) is 9.37 Å². The molecule has 1 fully saturated rings. The molecule has 0 aliphatic carbocycles. The molecule has 10 heteroatoms. The van der Waals surface area contributed by atoms with Crippen molar-refractivity contribution >= 4 is 5.91 Å². The summed E-state index contributed by atoms with van der Waals surface area (Å²) in [7, 11) is 0. The lowest BCUT2D eigenvalue weighted by Crippen LogP contribution is -2.57. The van der Waals surface area contributed by atoms with Crippen molar-refractivity contribution in [3.63, 3.8) is 0 Å². The van der Waals surface area contributed by atoms with Crippen LogP contribution in [0.4, 0.5) is 17.6 Å². The third-order valence-electron chi connectivity index (χ3n) is 4.40. The van der Waals surface area contributed by atoms with E-state index in [-0.39, 0.29) is 18.8 Å². The zero-order valence-electron chi connectivity index (χ0n) is 14.3. The molecule has 0 spiro atoms. The predicted octanol–water partition coefficient (Wildman–Crippen LogP) is 1.58. The van der Waals surface area contributed by atoms with Gasteiger partial charge in [0.2, 0.25) is 0 Å². The summed E-state index contributed by atoms with van der Waals surface area (Å²) < 4.78 is 54.7. The number of alkyl halides is 3. The Morgan fingerprint density at radius 2 is 1.89 bits per heavy atom. The quantitative estimate of drug-likeness (QED) is 0.768. The van der Waals surface area contributed by atoms with Crippen LogP contribution in [0, 0.1) is 5.82 Å². The fourth-order valence-corrected chi connectivity index (χ4v) is 3.00. The molecule has 1 aliphatic rings. The Hall–Kier alpha value is -2.46. The minimum atomic E-state index is -4.46. The van der Waals surface area contributed by atoms with E-state index >= 15 is 0 Å². The molecular weight excluding hydrogens is 366 g/mol. The van der Waals surface area contributed by atoms with Crippen molar-refractivity contribution < 1.29 is 22.4 Å². The van der Waals surface area contributed by atoms with Gasteiger partial charge in [-0.15, -0.1) is 0 Å². The van der Waals surface area contributed by atoms with Crippen LogP contribution in [0.25, 0.3) is 5.69 Å². The van der Waals surface area contributed by atoms with E-state index in [1.165, 1.54) is 46.3 Å². The summed E-state index contributed by atoms with van der Waals surface area (Å²) in [5.74, 6) is -1.12. The number of amides is 1. The van der Waals surface area contributed by atoms with Gasteiger partial charge in [-0.05, 0) is 24.3 Å². The lowest BCUT2D eigenvalue weighted by Gasteiger charge is -2.35. The van der Waals surface area contributed by atoms with Crippen molar-refractivity contribution in [3.05, 3.63) is 48.3 Å². The van der Waals surface area contributed by atoms with Gasteiger partial charge in [-0.3, -0.25) is 14.3 Å². The number of imidazole rings is 1. The molecule has 27 heavy (non-hydrogen) atoms. The van der Waals surface area contributed by atoms with Crippen LogP contribution >= 0.6 is 0 Å². The third kappa shape index (κ3) is 4.64. The molecule has 1 amide bonds. The van der Waals surface area contributed by atoms with Gasteiger partial charge in [0.05, 0.1) is 12.5 Å². The van der Waals surface area contributed by atoms with Crippen molar-refractivity contribution in [1.29, 1.82) is 0 Å². The summed E-state index contributed by atoms with van der Waals surface area (Å²) in [4.78, 5) is 17.6. The van der Waals surface area contributed by atoms with Crippen LogP contribution in [0.2, 0.25) is 0 Å². The minimum Gasteiger partial charge on any atom is -0.349 e. The molecular formula is C17H19F4N5O. The Labute approximate surface area is 153 Å². The van der Waals surface area contributed by atoms with Crippen LogP contribution in [0.15, 0.2) is 36.8 Å². The first kappa shape index (κ1) is 19.3. The van der Waals surface area contributed by atoms with Crippen molar-refractivity contribution in [3.8, 4) is 5.69 Å². The van der Waals surface area contributed by atoms with Gasteiger partial charge < -0.3 is 10.6 Å². The number of hydrogen-bond acceptors (Lipinski definition) is 4. The smallest absolute Gasteiger partial charge is 0.349 e. The molecule has 1 saturated heterocycles. The fraction of sp³-hybridized carbons (Fsp3) is 0.412. The molecule has 6 nitrogen and oxygen atoms in total. The van der Waals surface area contributed by atoms with Crippen molar-refractivity contribution in [2.24, 2.45) is 0 Å². The molecule has 1 aliphatic heterocycles. The highest BCUT2D eigenvalue weighted by atomic mass is 19.4. The van der Waals surface area contributed by atoms with Crippen LogP contribution in [0.3, 0.4) is 0 Å². The molecule has 0 radical (unpaired) electrons. The number of benzene rings is 1. The predicted molar refractivity (Wildman–Crippen MR) is 90.1 cm³/mol. The summed E-state index contributed by atoms with van der Waals surface area (Å²) >= 11 is 0. The fourth-order valence-electron chi connectivity index (χ4n) is 3.00. The first-order chi connectivity index (χ1) is 12.9. The van der Waals surface area contributed by atoms with Gasteiger partial charge in [0.15, 0.2) is 0 Å². The Morgan fingerprint density at radius 1 is 1.22 bits per heavy atom. The van der Waals surface area contributed by atoms with Gasteiger partial charge in [0, 0.05) is 38.4 Å². The first-order valence-electron chi connectivity index (χ1n) is 8.44. The summed E-state index contributed by atoms with van der Waals surface area (Å²) in [5.41, 5.74) is 0.552. The highest BCUT2D eigenvalue weighted by Gasteiger charge is 2.43. The molecule has 1 unspecified atom stereocenters. The maximum atomic E-state index is 13.4. The van der Waals surface area contributed by atoms with Crippen LogP contribution in [-0.4, -0.2) is 65.3 Å². The zero-order valence-corrected chi connectivity index (χ0v) is 14.3. The number of nitrogens with one attached hydrogen (secondary N) is 2. The summed E-state index contributed by atoms with van der Waals surface area (Å²) in [6.07, 6.45) is -1.85. The van der Waals surface area contributed by atoms with Crippen LogP contribution < -0.4 is 10.6 Å². The number of piperazine rings is 1. The highest BCUT2D eigenvalue weighted by molar-refractivity contribution is 5.93. The molecule has 3 rings (SSSR count). The molecule has 0 saturated carbocycles. The standard InChI is InChI=1S/C17H19F4N5O/c18-12-1-3-13(4-2-12)26-11-23-9-14(26)16(27)24-10-15(17(19,20)21)25-7-5-22-6-8-25/h1-4,9,11,15,22H,5-8,10H2,(H,24,27). The van der Waals surface area contributed by atoms with Crippen LogP contribution in [-0.2, 0) is 0 Å². The molecule has 2 N–H and O–H groups in total. The number of carbonyl (C=O) groups excluding carboxylic acids is 1. The molecule has 2 heterocycles. The average Bonchev–Trinajstić information content (AvgIpc) is 3.12. The van der Waals surface area contributed by atoms with Crippen LogP contribution in [0.1, 0.15) is 10.5 Å². The number of aromatic nitrogens is 2. The van der Waals surface area contributed by atoms with Gasteiger partial charge >= 0.3 is 6.18 Å². The van der Waals surface area contributed by atoms with E-state index in [0.29, 0.717) is 18.8 Å².